The van der Waals surface area contributed by atoms with Crippen molar-refractivity contribution >= 4 is 5.96 Å². The van der Waals surface area contributed by atoms with Crippen LogP contribution in [0.4, 0.5) is 0 Å². The zero-order valence-electron chi connectivity index (χ0n) is 15.1. The van der Waals surface area contributed by atoms with Gasteiger partial charge in [-0.2, -0.15) is 0 Å². The molecule has 4 heteroatoms. The maximum atomic E-state index is 9.28. The first-order valence-corrected chi connectivity index (χ1v) is 8.45. The van der Waals surface area contributed by atoms with Gasteiger partial charge in [0.15, 0.2) is 5.96 Å². The second-order valence-corrected chi connectivity index (χ2v) is 7.11. The molecule has 0 bridgehead atoms. The Labute approximate surface area is 131 Å². The summed E-state index contributed by atoms with van der Waals surface area (Å²) in [5, 5.41) is 16.0. The van der Waals surface area contributed by atoms with Crippen LogP contribution in [0.1, 0.15) is 67.2 Å². The van der Waals surface area contributed by atoms with E-state index in [0.717, 1.165) is 51.3 Å². The van der Waals surface area contributed by atoms with E-state index in [4.69, 9.17) is 4.99 Å². The Balaban J connectivity index is 4.62. The summed E-state index contributed by atoms with van der Waals surface area (Å²) in [5.41, 5.74) is 0.457. The number of rotatable bonds is 9. The lowest BCUT2D eigenvalue weighted by Gasteiger charge is -2.29. The molecule has 0 saturated carbocycles. The molecular weight excluding hydrogens is 262 g/mol. The number of hydrogen-bond acceptors (Lipinski definition) is 2. The summed E-state index contributed by atoms with van der Waals surface area (Å²) in [7, 11) is 0. The van der Waals surface area contributed by atoms with Crippen molar-refractivity contribution in [1.29, 1.82) is 0 Å². The molecule has 0 aliphatic carbocycles. The Hall–Kier alpha value is -0.770. The monoisotopic (exact) mass is 299 g/mol. The van der Waals surface area contributed by atoms with Gasteiger partial charge in [-0.1, -0.05) is 34.6 Å². The molecule has 0 aromatic carbocycles. The number of aliphatic hydroxyl groups is 1. The van der Waals surface area contributed by atoms with Crippen LogP contribution in [0.15, 0.2) is 4.99 Å². The third kappa shape index (κ3) is 8.97. The SMILES string of the molecule is CCNC(=NCC(CC)(CC)CCO)NCCC(C)(C)C. The number of aliphatic imine (C=N–C) groups is 1. The Morgan fingerprint density at radius 1 is 1.00 bits per heavy atom. The minimum Gasteiger partial charge on any atom is -0.396 e. The number of nitrogens with zero attached hydrogens (tertiary/aromatic N) is 1. The zero-order chi connectivity index (χ0) is 16.4. The van der Waals surface area contributed by atoms with E-state index in [1.807, 2.05) is 0 Å². The highest BCUT2D eigenvalue weighted by Crippen LogP contribution is 2.30. The first kappa shape index (κ1) is 20.2. The zero-order valence-corrected chi connectivity index (χ0v) is 15.1. The molecule has 0 heterocycles. The molecule has 0 aromatic rings. The molecule has 0 fully saturated rings. The second-order valence-electron chi connectivity index (χ2n) is 7.11. The molecule has 0 spiro atoms. The third-order valence-electron chi connectivity index (χ3n) is 4.23. The first-order valence-electron chi connectivity index (χ1n) is 8.45. The predicted octanol–water partition coefficient (Wildman–Crippen LogP) is 3.17. The van der Waals surface area contributed by atoms with E-state index in [1.165, 1.54) is 0 Å². The minimum atomic E-state index is 0.126. The van der Waals surface area contributed by atoms with Crippen molar-refractivity contribution in [3.63, 3.8) is 0 Å². The molecule has 0 rings (SSSR count). The van der Waals surface area contributed by atoms with Crippen molar-refractivity contribution in [2.24, 2.45) is 15.8 Å². The number of nitrogens with one attached hydrogen (secondary N) is 2. The summed E-state index contributed by atoms with van der Waals surface area (Å²) in [6.45, 7) is 16.0. The maximum absolute atomic E-state index is 9.28. The van der Waals surface area contributed by atoms with Gasteiger partial charge in [0, 0.05) is 26.2 Å². The van der Waals surface area contributed by atoms with Crippen LogP contribution in [0.5, 0.6) is 0 Å². The van der Waals surface area contributed by atoms with Crippen molar-refractivity contribution in [3.05, 3.63) is 0 Å². The predicted molar refractivity (Wildman–Crippen MR) is 92.8 cm³/mol. The van der Waals surface area contributed by atoms with E-state index < -0.39 is 0 Å². The lowest BCUT2D eigenvalue weighted by Crippen LogP contribution is -2.39. The molecule has 0 amide bonds. The summed E-state index contributed by atoms with van der Waals surface area (Å²) < 4.78 is 0. The van der Waals surface area contributed by atoms with Gasteiger partial charge < -0.3 is 15.7 Å². The summed E-state index contributed by atoms with van der Waals surface area (Å²) in [6, 6.07) is 0. The fourth-order valence-electron chi connectivity index (χ4n) is 2.29. The van der Waals surface area contributed by atoms with Crippen LogP contribution in [-0.2, 0) is 0 Å². The molecule has 21 heavy (non-hydrogen) atoms. The van der Waals surface area contributed by atoms with Crippen LogP contribution in [0.25, 0.3) is 0 Å². The molecule has 0 radical (unpaired) electrons. The molecule has 0 aliphatic heterocycles. The second kappa shape index (κ2) is 10.0. The Bertz CT molecular complexity index is 291. The van der Waals surface area contributed by atoms with E-state index in [0.29, 0.717) is 5.41 Å². The van der Waals surface area contributed by atoms with Crippen molar-refractivity contribution in [1.82, 2.24) is 10.6 Å². The van der Waals surface area contributed by atoms with Crippen LogP contribution < -0.4 is 10.6 Å². The van der Waals surface area contributed by atoms with E-state index >= 15 is 0 Å². The summed E-state index contributed by atoms with van der Waals surface area (Å²) in [4.78, 5) is 4.75. The Kier molecular flexibility index (Phi) is 9.67. The summed E-state index contributed by atoms with van der Waals surface area (Å²) in [5.74, 6) is 0.894. The molecule has 0 aromatic heterocycles. The third-order valence-corrected chi connectivity index (χ3v) is 4.23. The van der Waals surface area contributed by atoms with Crippen LogP contribution in [0, 0.1) is 10.8 Å². The molecule has 4 nitrogen and oxygen atoms in total. The van der Waals surface area contributed by atoms with Crippen molar-refractivity contribution in [2.75, 3.05) is 26.2 Å². The van der Waals surface area contributed by atoms with Crippen LogP contribution in [0.3, 0.4) is 0 Å². The lowest BCUT2D eigenvalue weighted by atomic mass is 9.79. The number of hydrogen-bond donors (Lipinski definition) is 3. The van der Waals surface area contributed by atoms with Crippen LogP contribution in [0.2, 0.25) is 0 Å². The molecule has 0 saturated heterocycles. The van der Waals surface area contributed by atoms with Gasteiger partial charge in [-0.15, -0.1) is 0 Å². The molecule has 0 aliphatic rings. The highest BCUT2D eigenvalue weighted by Gasteiger charge is 2.25. The largest absolute Gasteiger partial charge is 0.396 e. The molecular formula is C17H37N3O. The highest BCUT2D eigenvalue weighted by molar-refractivity contribution is 5.79. The molecule has 126 valence electrons. The van der Waals surface area contributed by atoms with Crippen molar-refractivity contribution in [2.45, 2.75) is 67.2 Å². The quantitative estimate of drug-likeness (QED) is 0.453. The normalized spacial score (nSPS) is 13.4. The van der Waals surface area contributed by atoms with Crippen LogP contribution in [-0.4, -0.2) is 37.3 Å². The van der Waals surface area contributed by atoms with Crippen molar-refractivity contribution < 1.29 is 5.11 Å². The fraction of sp³-hybridized carbons (Fsp3) is 0.941. The van der Waals surface area contributed by atoms with Crippen LogP contribution >= 0.6 is 0 Å². The van der Waals surface area contributed by atoms with Gasteiger partial charge in [-0.05, 0) is 43.4 Å². The molecule has 3 N–H and O–H groups in total. The first-order chi connectivity index (χ1) is 9.82. The molecule has 0 atom stereocenters. The van der Waals surface area contributed by atoms with Gasteiger partial charge >= 0.3 is 0 Å². The Morgan fingerprint density at radius 2 is 1.62 bits per heavy atom. The summed E-state index contributed by atoms with van der Waals surface area (Å²) in [6.07, 6.45) is 4.04. The lowest BCUT2D eigenvalue weighted by molar-refractivity contribution is 0.175. The van der Waals surface area contributed by atoms with Gasteiger partial charge in [0.1, 0.15) is 0 Å². The average Bonchev–Trinajstić information content (AvgIpc) is 2.42. The number of aliphatic hydroxyl groups excluding tert-OH is 1. The minimum absolute atomic E-state index is 0.126. The van der Waals surface area contributed by atoms with Gasteiger partial charge in [0.05, 0.1) is 0 Å². The van der Waals surface area contributed by atoms with E-state index in [-0.39, 0.29) is 12.0 Å². The number of guanidine groups is 1. The van der Waals surface area contributed by atoms with Gasteiger partial charge in [-0.25, -0.2) is 0 Å². The topological polar surface area (TPSA) is 56.7 Å². The fourth-order valence-corrected chi connectivity index (χ4v) is 2.29. The van der Waals surface area contributed by atoms with Gasteiger partial charge in [-0.3, -0.25) is 4.99 Å². The highest BCUT2D eigenvalue weighted by atomic mass is 16.3. The van der Waals surface area contributed by atoms with E-state index in [1.54, 1.807) is 0 Å². The van der Waals surface area contributed by atoms with Gasteiger partial charge in [0.2, 0.25) is 0 Å². The average molecular weight is 300 g/mol. The van der Waals surface area contributed by atoms with Gasteiger partial charge in [0.25, 0.3) is 0 Å². The smallest absolute Gasteiger partial charge is 0.191 e. The molecule has 0 unspecified atom stereocenters. The summed E-state index contributed by atoms with van der Waals surface area (Å²) >= 11 is 0. The Morgan fingerprint density at radius 3 is 2.05 bits per heavy atom. The van der Waals surface area contributed by atoms with E-state index in [9.17, 15) is 5.11 Å². The standard InChI is InChI=1S/C17H37N3O/c1-7-17(8-2,11-13-21)14-20-15(18-9-3)19-12-10-16(4,5)6/h21H,7-14H2,1-6H3,(H2,18,19,20). The maximum Gasteiger partial charge on any atom is 0.191 e. The van der Waals surface area contributed by atoms with E-state index in [2.05, 4.69) is 52.2 Å². The van der Waals surface area contributed by atoms with Crippen molar-refractivity contribution in [3.8, 4) is 0 Å².